The molecule has 1 amide bonds. The van der Waals surface area contributed by atoms with E-state index < -0.39 is 16.1 Å². The number of halogens is 1. The summed E-state index contributed by atoms with van der Waals surface area (Å²) in [5.74, 6) is -0.0967. The molecule has 1 aliphatic rings. The van der Waals surface area contributed by atoms with E-state index >= 15 is 0 Å². The molecule has 1 atom stereocenters. The van der Waals surface area contributed by atoms with E-state index in [4.69, 9.17) is 4.74 Å². The number of anilines is 1. The summed E-state index contributed by atoms with van der Waals surface area (Å²) < 4.78 is 46.9. The van der Waals surface area contributed by atoms with Crippen LogP contribution in [0.5, 0.6) is 5.75 Å². The first-order valence-corrected chi connectivity index (χ1v) is 11.2. The number of amides is 1. The summed E-state index contributed by atoms with van der Waals surface area (Å²) >= 11 is 0. The highest BCUT2D eigenvalue weighted by molar-refractivity contribution is 7.89. The topological polar surface area (TPSA) is 84.5 Å². The fraction of sp³-hybridized carbons (Fsp3) is 0.381. The number of benzene rings is 2. The smallest absolute Gasteiger partial charge is 0.265 e. The van der Waals surface area contributed by atoms with E-state index in [9.17, 15) is 17.6 Å². The number of sulfonamides is 1. The second-order valence-electron chi connectivity index (χ2n) is 6.99. The molecule has 0 unspecified atom stereocenters. The third-order valence-corrected chi connectivity index (χ3v) is 6.23. The van der Waals surface area contributed by atoms with Gasteiger partial charge < -0.3 is 10.1 Å². The highest BCUT2D eigenvalue weighted by Crippen LogP contribution is 2.32. The van der Waals surface area contributed by atoms with E-state index in [2.05, 4.69) is 10.0 Å². The summed E-state index contributed by atoms with van der Waals surface area (Å²) in [6.45, 7) is 2.21. The highest BCUT2D eigenvalue weighted by atomic mass is 32.2. The van der Waals surface area contributed by atoms with Crippen molar-refractivity contribution in [2.75, 3.05) is 11.9 Å². The van der Waals surface area contributed by atoms with Crippen molar-refractivity contribution in [3.05, 3.63) is 53.8 Å². The van der Waals surface area contributed by atoms with Crippen LogP contribution in [0, 0.1) is 5.82 Å². The van der Waals surface area contributed by atoms with E-state index in [1.54, 1.807) is 24.3 Å². The van der Waals surface area contributed by atoms with Gasteiger partial charge in [0.05, 0.1) is 10.6 Å². The van der Waals surface area contributed by atoms with Gasteiger partial charge in [0, 0.05) is 6.54 Å². The molecule has 0 aromatic heterocycles. The van der Waals surface area contributed by atoms with Gasteiger partial charge in [-0.15, -0.1) is 0 Å². The third-order valence-electron chi connectivity index (χ3n) is 4.77. The van der Waals surface area contributed by atoms with Crippen molar-refractivity contribution in [1.82, 2.24) is 4.72 Å². The zero-order chi connectivity index (χ0) is 20.9. The Hall–Kier alpha value is -2.45. The summed E-state index contributed by atoms with van der Waals surface area (Å²) in [5.41, 5.74) is 0.898. The predicted molar refractivity (Wildman–Crippen MR) is 109 cm³/mol. The molecule has 2 aromatic rings. The average Bonchev–Trinajstić information content (AvgIpc) is 2.70. The Balaban J connectivity index is 1.61. The number of aryl methyl sites for hydroxylation is 1. The van der Waals surface area contributed by atoms with Gasteiger partial charge in [-0.2, -0.15) is 0 Å². The van der Waals surface area contributed by atoms with Gasteiger partial charge in [0.1, 0.15) is 11.6 Å². The lowest BCUT2D eigenvalue weighted by molar-refractivity contribution is -0.123. The van der Waals surface area contributed by atoms with Crippen LogP contribution in [0.25, 0.3) is 0 Å². The molecule has 156 valence electrons. The van der Waals surface area contributed by atoms with Crippen molar-refractivity contribution in [3.63, 3.8) is 0 Å². The number of ether oxygens (including phenoxy) is 1. The second kappa shape index (κ2) is 9.37. The lowest BCUT2D eigenvalue weighted by Gasteiger charge is -2.26. The summed E-state index contributed by atoms with van der Waals surface area (Å²) in [6, 6.07) is 10.8. The molecule has 0 saturated carbocycles. The molecular formula is C21H25FN2O4S. The minimum absolute atomic E-state index is 0.0399. The van der Waals surface area contributed by atoms with Gasteiger partial charge in [0.2, 0.25) is 10.0 Å². The lowest BCUT2D eigenvalue weighted by Crippen LogP contribution is -2.37. The number of carbonyl (C=O) groups is 1. The molecule has 0 spiro atoms. The Bertz CT molecular complexity index is 978. The molecule has 29 heavy (non-hydrogen) atoms. The molecule has 2 aromatic carbocycles. The molecule has 0 aliphatic carbocycles. The van der Waals surface area contributed by atoms with Gasteiger partial charge in [-0.1, -0.05) is 31.5 Å². The minimum atomic E-state index is -3.75. The molecule has 8 heteroatoms. The highest BCUT2D eigenvalue weighted by Gasteiger charge is 2.28. The Morgan fingerprint density at radius 2 is 1.97 bits per heavy atom. The summed E-state index contributed by atoms with van der Waals surface area (Å²) in [6.07, 6.45) is 2.79. The van der Waals surface area contributed by atoms with Gasteiger partial charge in [-0.3, -0.25) is 4.79 Å². The summed E-state index contributed by atoms with van der Waals surface area (Å²) in [7, 11) is -3.75. The Kier molecular flexibility index (Phi) is 6.87. The number of hydrogen-bond acceptors (Lipinski definition) is 4. The Labute approximate surface area is 170 Å². The van der Waals surface area contributed by atoms with E-state index in [1.165, 1.54) is 18.2 Å². The average molecular weight is 421 g/mol. The molecular weight excluding hydrogens is 395 g/mol. The molecule has 2 N–H and O–H groups in total. The van der Waals surface area contributed by atoms with Gasteiger partial charge in [0.25, 0.3) is 5.91 Å². The zero-order valence-electron chi connectivity index (χ0n) is 16.3. The maximum absolute atomic E-state index is 13.6. The van der Waals surface area contributed by atoms with Crippen molar-refractivity contribution in [2.24, 2.45) is 0 Å². The largest absolute Gasteiger partial charge is 0.478 e. The fourth-order valence-corrected chi connectivity index (χ4v) is 4.25. The van der Waals surface area contributed by atoms with Crippen LogP contribution in [0.3, 0.4) is 0 Å². The number of hydrogen-bond donors (Lipinski definition) is 2. The molecule has 0 saturated heterocycles. The number of carbonyl (C=O) groups excluding carboxylic acids is 1. The molecule has 6 nitrogen and oxygen atoms in total. The van der Waals surface area contributed by atoms with Crippen LogP contribution in [-0.4, -0.2) is 27.0 Å². The Morgan fingerprint density at radius 1 is 1.17 bits per heavy atom. The fourth-order valence-electron chi connectivity index (χ4n) is 3.15. The van der Waals surface area contributed by atoms with Crippen molar-refractivity contribution in [2.45, 2.75) is 50.0 Å². The quantitative estimate of drug-likeness (QED) is 0.607. The van der Waals surface area contributed by atoms with Crippen LogP contribution >= 0.6 is 0 Å². The monoisotopic (exact) mass is 420 g/mol. The Morgan fingerprint density at radius 3 is 2.72 bits per heavy atom. The minimum Gasteiger partial charge on any atom is -0.478 e. The van der Waals surface area contributed by atoms with Crippen molar-refractivity contribution < 1.29 is 22.3 Å². The lowest BCUT2D eigenvalue weighted by atomic mass is 10.1. The predicted octanol–water partition coefficient (Wildman–Crippen LogP) is 3.63. The number of fused-ring (bicyclic) bond motifs is 1. The molecule has 1 aliphatic heterocycles. The van der Waals surface area contributed by atoms with Gasteiger partial charge in [-0.25, -0.2) is 17.5 Å². The van der Waals surface area contributed by atoms with Gasteiger partial charge >= 0.3 is 0 Å². The van der Waals surface area contributed by atoms with E-state index in [0.717, 1.165) is 12.8 Å². The van der Waals surface area contributed by atoms with Crippen LogP contribution in [0.4, 0.5) is 10.1 Å². The SMILES string of the molecule is CCCC[C@@H]1Oc2ccc(S(=O)(=O)NCCCc3ccccc3F)cc2NC1=O. The van der Waals surface area contributed by atoms with Gasteiger partial charge in [0.15, 0.2) is 6.10 Å². The van der Waals surface area contributed by atoms with Crippen molar-refractivity contribution in [1.29, 1.82) is 0 Å². The second-order valence-corrected chi connectivity index (χ2v) is 8.76. The molecule has 1 heterocycles. The van der Waals surface area contributed by atoms with Crippen LogP contribution in [0.1, 0.15) is 38.2 Å². The number of rotatable bonds is 9. The zero-order valence-corrected chi connectivity index (χ0v) is 17.1. The maximum atomic E-state index is 13.6. The molecule has 3 rings (SSSR count). The first-order valence-electron chi connectivity index (χ1n) is 9.75. The van der Waals surface area contributed by atoms with E-state index in [0.29, 0.717) is 36.3 Å². The van der Waals surface area contributed by atoms with Crippen LogP contribution in [0.15, 0.2) is 47.4 Å². The maximum Gasteiger partial charge on any atom is 0.265 e. The van der Waals surface area contributed by atoms with E-state index in [-0.39, 0.29) is 23.2 Å². The van der Waals surface area contributed by atoms with Crippen LogP contribution in [0.2, 0.25) is 0 Å². The summed E-state index contributed by atoms with van der Waals surface area (Å²) in [4.78, 5) is 12.2. The van der Waals surface area contributed by atoms with Crippen molar-refractivity contribution in [3.8, 4) is 5.75 Å². The van der Waals surface area contributed by atoms with Gasteiger partial charge in [-0.05, 0) is 55.5 Å². The van der Waals surface area contributed by atoms with E-state index in [1.807, 2.05) is 6.92 Å². The number of unbranched alkanes of at least 4 members (excludes halogenated alkanes) is 1. The molecule has 0 bridgehead atoms. The standard InChI is InChI=1S/C21H25FN2O4S/c1-2-3-10-20-21(25)24-18-14-16(11-12-19(18)28-20)29(26,27)23-13-6-8-15-7-4-5-9-17(15)22/h4-5,7,9,11-12,14,20,23H,2-3,6,8,10,13H2,1H3,(H,24,25)/t20-/m0/s1. The van der Waals surface area contributed by atoms with Crippen LogP contribution < -0.4 is 14.8 Å². The third kappa shape index (κ3) is 5.33. The van der Waals surface area contributed by atoms with Crippen LogP contribution in [-0.2, 0) is 21.2 Å². The first kappa shape index (κ1) is 21.3. The summed E-state index contributed by atoms with van der Waals surface area (Å²) in [5, 5.41) is 2.73. The van der Waals surface area contributed by atoms with Crippen molar-refractivity contribution >= 4 is 21.6 Å². The first-order chi connectivity index (χ1) is 13.9. The molecule has 0 radical (unpaired) electrons. The number of nitrogens with one attached hydrogen (secondary N) is 2. The normalized spacial score (nSPS) is 16.1. The molecule has 0 fully saturated rings.